The lowest BCUT2D eigenvalue weighted by atomic mass is 10.3. The molecule has 0 aliphatic carbocycles. The van der Waals surface area contributed by atoms with Crippen LogP contribution in [0.5, 0.6) is 0 Å². The van der Waals surface area contributed by atoms with Gasteiger partial charge in [-0.25, -0.2) is 4.68 Å². The average Bonchev–Trinajstić information content (AvgIpc) is 2.87. The van der Waals surface area contributed by atoms with Crippen LogP contribution in [0.25, 0.3) is 5.69 Å². The van der Waals surface area contributed by atoms with Gasteiger partial charge in [0.15, 0.2) is 0 Å². The van der Waals surface area contributed by atoms with Crippen LogP contribution < -0.4 is 0 Å². The van der Waals surface area contributed by atoms with Gasteiger partial charge in [-0.05, 0) is 19.1 Å². The number of nitrogens with zero attached hydrogens (tertiary/aromatic N) is 3. The Labute approximate surface area is 112 Å². The molecule has 0 aliphatic heterocycles. The molecule has 1 atom stereocenters. The van der Waals surface area contributed by atoms with Gasteiger partial charge in [0, 0.05) is 19.8 Å². The van der Waals surface area contributed by atoms with Gasteiger partial charge in [-0.3, -0.25) is 4.79 Å². The van der Waals surface area contributed by atoms with E-state index in [0.29, 0.717) is 12.1 Å². The largest absolute Gasteiger partial charge is 0.392 e. The topological polar surface area (TPSA) is 58.4 Å². The second-order valence-corrected chi connectivity index (χ2v) is 4.54. The van der Waals surface area contributed by atoms with E-state index in [0.717, 1.165) is 5.69 Å². The number of carbonyl (C=O) groups excluding carboxylic acids is 1. The first-order valence-electron chi connectivity index (χ1n) is 6.11. The van der Waals surface area contributed by atoms with Gasteiger partial charge in [0.1, 0.15) is 0 Å². The molecule has 5 heteroatoms. The van der Waals surface area contributed by atoms with E-state index in [1.165, 1.54) is 11.1 Å². The van der Waals surface area contributed by atoms with Crippen molar-refractivity contribution < 1.29 is 9.90 Å². The number of para-hydroxylation sites is 1. The minimum absolute atomic E-state index is 0.150. The minimum Gasteiger partial charge on any atom is -0.392 e. The molecule has 1 aromatic carbocycles. The molecule has 0 aliphatic rings. The lowest BCUT2D eigenvalue weighted by Crippen LogP contribution is -2.32. The molecular weight excluding hydrogens is 242 g/mol. The SMILES string of the molecule is CC(O)CN(C)C(=O)c1cnn(-c2ccccc2)c1. The number of aliphatic hydroxyl groups excluding tert-OH is 1. The number of hydrogen-bond donors (Lipinski definition) is 1. The quantitative estimate of drug-likeness (QED) is 0.901. The summed E-state index contributed by atoms with van der Waals surface area (Å²) in [6.07, 6.45) is 2.68. The van der Waals surface area contributed by atoms with Crippen LogP contribution in [0, 0.1) is 0 Å². The first-order chi connectivity index (χ1) is 9.08. The Balaban J connectivity index is 2.15. The Morgan fingerprint density at radius 1 is 1.42 bits per heavy atom. The third-order valence-electron chi connectivity index (χ3n) is 2.74. The smallest absolute Gasteiger partial charge is 0.256 e. The number of aromatic nitrogens is 2. The molecule has 0 bridgehead atoms. The molecule has 0 saturated carbocycles. The summed E-state index contributed by atoms with van der Waals surface area (Å²) in [5.41, 5.74) is 1.41. The van der Waals surface area contributed by atoms with Crippen LogP contribution in [0.4, 0.5) is 0 Å². The van der Waals surface area contributed by atoms with E-state index in [1.807, 2.05) is 30.3 Å². The van der Waals surface area contributed by atoms with Crippen molar-refractivity contribution in [1.82, 2.24) is 14.7 Å². The third kappa shape index (κ3) is 3.20. The Kier molecular flexibility index (Phi) is 3.97. The highest BCUT2D eigenvalue weighted by atomic mass is 16.3. The summed E-state index contributed by atoms with van der Waals surface area (Å²) in [4.78, 5) is 13.6. The number of rotatable bonds is 4. The number of likely N-dealkylation sites (N-methyl/N-ethyl adjacent to an activating group) is 1. The Morgan fingerprint density at radius 2 is 2.11 bits per heavy atom. The zero-order chi connectivity index (χ0) is 13.8. The molecule has 100 valence electrons. The van der Waals surface area contributed by atoms with Crippen LogP contribution >= 0.6 is 0 Å². The number of carbonyl (C=O) groups is 1. The lowest BCUT2D eigenvalue weighted by molar-refractivity contribution is 0.0703. The molecule has 0 spiro atoms. The maximum absolute atomic E-state index is 12.1. The lowest BCUT2D eigenvalue weighted by Gasteiger charge is -2.17. The fourth-order valence-corrected chi connectivity index (χ4v) is 1.85. The predicted molar refractivity (Wildman–Crippen MR) is 72.2 cm³/mol. The highest BCUT2D eigenvalue weighted by molar-refractivity contribution is 5.93. The number of aliphatic hydroxyl groups is 1. The Morgan fingerprint density at radius 3 is 2.74 bits per heavy atom. The molecule has 1 heterocycles. The fourth-order valence-electron chi connectivity index (χ4n) is 1.85. The molecule has 5 nitrogen and oxygen atoms in total. The van der Waals surface area contributed by atoms with E-state index >= 15 is 0 Å². The Bertz CT molecular complexity index is 549. The van der Waals surface area contributed by atoms with E-state index < -0.39 is 6.10 Å². The van der Waals surface area contributed by atoms with Crippen molar-refractivity contribution in [3.05, 3.63) is 48.3 Å². The summed E-state index contributed by atoms with van der Waals surface area (Å²) in [7, 11) is 1.66. The second-order valence-electron chi connectivity index (χ2n) is 4.54. The standard InChI is InChI=1S/C14H17N3O2/c1-11(18)9-16(2)14(19)12-8-15-17(10-12)13-6-4-3-5-7-13/h3-8,10-11,18H,9H2,1-2H3. The van der Waals surface area contributed by atoms with E-state index in [1.54, 1.807) is 24.9 Å². The van der Waals surface area contributed by atoms with Gasteiger partial charge in [-0.2, -0.15) is 5.10 Å². The van der Waals surface area contributed by atoms with Crippen molar-refractivity contribution in [3.8, 4) is 5.69 Å². The van der Waals surface area contributed by atoms with Gasteiger partial charge >= 0.3 is 0 Å². The highest BCUT2D eigenvalue weighted by Gasteiger charge is 2.15. The van der Waals surface area contributed by atoms with E-state index in [4.69, 9.17) is 0 Å². The highest BCUT2D eigenvalue weighted by Crippen LogP contribution is 2.09. The minimum atomic E-state index is -0.543. The molecular formula is C14H17N3O2. The average molecular weight is 259 g/mol. The van der Waals surface area contributed by atoms with Gasteiger partial charge in [0.25, 0.3) is 5.91 Å². The Hall–Kier alpha value is -2.14. The van der Waals surface area contributed by atoms with Gasteiger partial charge in [0.05, 0.1) is 23.6 Å². The molecule has 1 amide bonds. The second kappa shape index (κ2) is 5.67. The summed E-state index contributed by atoms with van der Waals surface area (Å²) < 4.78 is 1.66. The van der Waals surface area contributed by atoms with Crippen LogP contribution in [0.1, 0.15) is 17.3 Å². The number of benzene rings is 1. The summed E-state index contributed by atoms with van der Waals surface area (Å²) in [5, 5.41) is 13.5. The first kappa shape index (κ1) is 13.3. The van der Waals surface area contributed by atoms with Gasteiger partial charge in [-0.1, -0.05) is 18.2 Å². The summed E-state index contributed by atoms with van der Waals surface area (Å²) >= 11 is 0. The van der Waals surface area contributed by atoms with Crippen LogP contribution in [-0.4, -0.2) is 45.4 Å². The first-order valence-corrected chi connectivity index (χ1v) is 6.11. The molecule has 0 radical (unpaired) electrons. The van der Waals surface area contributed by atoms with Crippen LogP contribution in [0.2, 0.25) is 0 Å². The van der Waals surface area contributed by atoms with Crippen molar-refractivity contribution in [2.24, 2.45) is 0 Å². The van der Waals surface area contributed by atoms with E-state index in [2.05, 4.69) is 5.10 Å². The van der Waals surface area contributed by atoms with Gasteiger partial charge < -0.3 is 10.0 Å². The van der Waals surface area contributed by atoms with Crippen molar-refractivity contribution in [2.75, 3.05) is 13.6 Å². The summed E-state index contributed by atoms with van der Waals surface area (Å²) in [5.74, 6) is -0.150. The molecule has 1 unspecified atom stereocenters. The molecule has 2 aromatic rings. The summed E-state index contributed by atoms with van der Waals surface area (Å²) in [6, 6.07) is 9.59. The van der Waals surface area contributed by atoms with Crippen molar-refractivity contribution in [1.29, 1.82) is 0 Å². The molecule has 1 aromatic heterocycles. The zero-order valence-electron chi connectivity index (χ0n) is 11.0. The molecule has 0 fully saturated rings. The predicted octanol–water partition coefficient (Wildman–Crippen LogP) is 1.33. The van der Waals surface area contributed by atoms with E-state index in [-0.39, 0.29) is 5.91 Å². The fraction of sp³-hybridized carbons (Fsp3) is 0.286. The zero-order valence-corrected chi connectivity index (χ0v) is 11.0. The maximum atomic E-state index is 12.1. The van der Waals surface area contributed by atoms with Crippen molar-refractivity contribution in [3.63, 3.8) is 0 Å². The molecule has 2 rings (SSSR count). The summed E-state index contributed by atoms with van der Waals surface area (Å²) in [6.45, 7) is 1.95. The van der Waals surface area contributed by atoms with Crippen LogP contribution in [0.3, 0.4) is 0 Å². The normalized spacial score (nSPS) is 12.2. The van der Waals surface area contributed by atoms with Crippen molar-refractivity contribution >= 4 is 5.91 Å². The molecule has 0 saturated heterocycles. The van der Waals surface area contributed by atoms with E-state index in [9.17, 15) is 9.90 Å². The third-order valence-corrected chi connectivity index (χ3v) is 2.74. The number of hydrogen-bond acceptors (Lipinski definition) is 3. The maximum Gasteiger partial charge on any atom is 0.256 e. The molecule has 19 heavy (non-hydrogen) atoms. The number of amides is 1. The van der Waals surface area contributed by atoms with Crippen molar-refractivity contribution in [2.45, 2.75) is 13.0 Å². The van der Waals surface area contributed by atoms with Gasteiger partial charge in [-0.15, -0.1) is 0 Å². The monoisotopic (exact) mass is 259 g/mol. The van der Waals surface area contributed by atoms with Gasteiger partial charge in [0.2, 0.25) is 0 Å². The van der Waals surface area contributed by atoms with Crippen LogP contribution in [-0.2, 0) is 0 Å². The molecule has 1 N–H and O–H groups in total. The van der Waals surface area contributed by atoms with Crippen LogP contribution in [0.15, 0.2) is 42.7 Å².